The number of halogens is 4. The Hall–Kier alpha value is -1.23. The first-order valence-electron chi connectivity index (χ1n) is 9.76. The molecule has 1 unspecified atom stereocenters. The van der Waals surface area contributed by atoms with Crippen molar-refractivity contribution >= 4 is 29.9 Å². The Morgan fingerprint density at radius 3 is 2.72 bits per heavy atom. The lowest BCUT2D eigenvalue weighted by Gasteiger charge is -2.30. The lowest BCUT2D eigenvalue weighted by atomic mass is 9.99. The highest BCUT2D eigenvalue weighted by atomic mass is 127. The van der Waals surface area contributed by atoms with Crippen LogP contribution in [0, 0.1) is 12.8 Å². The zero-order valence-electron chi connectivity index (χ0n) is 17.3. The molecule has 0 spiro atoms. The molecule has 5 nitrogen and oxygen atoms in total. The molecule has 1 atom stereocenters. The van der Waals surface area contributed by atoms with Gasteiger partial charge in [0.2, 0.25) is 0 Å². The first-order valence-corrected chi connectivity index (χ1v) is 9.76. The van der Waals surface area contributed by atoms with Crippen molar-refractivity contribution in [1.29, 1.82) is 0 Å². The minimum atomic E-state index is -4.37. The summed E-state index contributed by atoms with van der Waals surface area (Å²) in [6, 6.07) is 5.24. The Kier molecular flexibility index (Phi) is 11.1. The van der Waals surface area contributed by atoms with E-state index < -0.39 is 12.8 Å². The largest absolute Gasteiger partial charge is 0.484 e. The summed E-state index contributed by atoms with van der Waals surface area (Å²) >= 11 is 0. The molecule has 2 rings (SSSR count). The molecule has 0 aromatic heterocycles. The quantitative estimate of drug-likeness (QED) is 0.320. The maximum Gasteiger partial charge on any atom is 0.422 e. The topological polar surface area (TPSA) is 48.9 Å². The number of nitrogens with one attached hydrogen (secondary N) is 2. The van der Waals surface area contributed by atoms with Gasteiger partial charge in [-0.1, -0.05) is 12.1 Å². The average Bonchev–Trinajstić information content (AvgIpc) is 2.63. The van der Waals surface area contributed by atoms with Crippen molar-refractivity contribution in [3.05, 3.63) is 29.3 Å². The van der Waals surface area contributed by atoms with Crippen molar-refractivity contribution in [3.8, 4) is 5.75 Å². The second-order valence-corrected chi connectivity index (χ2v) is 7.36. The minimum Gasteiger partial charge on any atom is -0.484 e. The van der Waals surface area contributed by atoms with Crippen molar-refractivity contribution < 1.29 is 17.9 Å². The van der Waals surface area contributed by atoms with E-state index in [1.54, 1.807) is 12.1 Å². The number of hydrogen-bond donors (Lipinski definition) is 2. The normalized spacial score (nSPS) is 18.1. The number of ether oxygens (including phenoxy) is 1. The van der Waals surface area contributed by atoms with Crippen LogP contribution in [-0.4, -0.2) is 56.9 Å². The number of rotatable bonds is 7. The van der Waals surface area contributed by atoms with Gasteiger partial charge >= 0.3 is 6.18 Å². The zero-order chi connectivity index (χ0) is 20.6. The van der Waals surface area contributed by atoms with Crippen LogP contribution in [0.3, 0.4) is 0 Å². The van der Waals surface area contributed by atoms with E-state index in [0.717, 1.165) is 25.2 Å². The molecule has 1 aliphatic heterocycles. The molecule has 0 amide bonds. The zero-order valence-corrected chi connectivity index (χ0v) is 19.6. The van der Waals surface area contributed by atoms with E-state index in [0.29, 0.717) is 24.0 Å². The molecular weight excluding hydrogens is 496 g/mol. The van der Waals surface area contributed by atoms with E-state index in [1.165, 1.54) is 12.8 Å². The molecule has 9 heteroatoms. The molecule has 0 bridgehead atoms. The lowest BCUT2D eigenvalue weighted by Crippen LogP contribution is -2.43. The van der Waals surface area contributed by atoms with E-state index in [9.17, 15) is 13.2 Å². The van der Waals surface area contributed by atoms with Crippen molar-refractivity contribution in [2.45, 2.75) is 39.4 Å². The van der Waals surface area contributed by atoms with Crippen LogP contribution in [0.4, 0.5) is 13.2 Å². The van der Waals surface area contributed by atoms with Crippen molar-refractivity contribution in [1.82, 2.24) is 15.5 Å². The lowest BCUT2D eigenvalue weighted by molar-refractivity contribution is -0.153. The molecule has 0 radical (unpaired) electrons. The summed E-state index contributed by atoms with van der Waals surface area (Å²) in [6.07, 6.45) is -1.99. The van der Waals surface area contributed by atoms with Gasteiger partial charge in [0.05, 0.1) is 6.54 Å². The third kappa shape index (κ3) is 9.88. The third-order valence-electron chi connectivity index (χ3n) is 4.65. The maximum absolute atomic E-state index is 12.5. The molecule has 1 aromatic carbocycles. The first kappa shape index (κ1) is 25.8. The van der Waals surface area contributed by atoms with E-state index in [-0.39, 0.29) is 36.3 Å². The van der Waals surface area contributed by atoms with Gasteiger partial charge in [0.25, 0.3) is 0 Å². The monoisotopic (exact) mass is 528 g/mol. The van der Waals surface area contributed by atoms with Crippen LogP contribution in [0.5, 0.6) is 5.75 Å². The van der Waals surface area contributed by atoms with Crippen molar-refractivity contribution in [3.63, 3.8) is 0 Å². The van der Waals surface area contributed by atoms with Gasteiger partial charge in [-0.2, -0.15) is 13.2 Å². The summed E-state index contributed by atoms with van der Waals surface area (Å²) in [4.78, 5) is 6.87. The van der Waals surface area contributed by atoms with Gasteiger partial charge < -0.3 is 20.3 Å². The molecule has 0 saturated carbocycles. The molecule has 1 aliphatic rings. The summed E-state index contributed by atoms with van der Waals surface area (Å²) in [5, 5.41) is 6.55. The first-order chi connectivity index (χ1) is 13.3. The number of alkyl halides is 3. The Morgan fingerprint density at radius 1 is 1.31 bits per heavy atom. The highest BCUT2D eigenvalue weighted by molar-refractivity contribution is 14.0. The van der Waals surface area contributed by atoms with Gasteiger partial charge in [-0.05, 0) is 57.8 Å². The molecule has 1 saturated heterocycles. The summed E-state index contributed by atoms with van der Waals surface area (Å²) in [7, 11) is 2.13. The summed E-state index contributed by atoms with van der Waals surface area (Å²) in [6.45, 7) is 6.46. The summed E-state index contributed by atoms with van der Waals surface area (Å²) in [5.74, 6) is 1.46. The predicted octanol–water partition coefficient (Wildman–Crippen LogP) is 3.95. The van der Waals surface area contributed by atoms with Crippen LogP contribution in [0.1, 0.15) is 30.9 Å². The average molecular weight is 528 g/mol. The SMILES string of the molecule is CCNC(=NCc1ccc(C)cc1OCC(F)(F)F)NCC1CCCN(C)C1.I. The number of piperidine rings is 1. The van der Waals surface area contributed by atoms with E-state index in [2.05, 4.69) is 27.6 Å². The predicted molar refractivity (Wildman–Crippen MR) is 121 cm³/mol. The van der Waals surface area contributed by atoms with Gasteiger partial charge in [0.15, 0.2) is 12.6 Å². The number of nitrogens with zero attached hydrogens (tertiary/aromatic N) is 2. The van der Waals surface area contributed by atoms with Crippen molar-refractivity contribution in [2.75, 3.05) is 39.8 Å². The van der Waals surface area contributed by atoms with Gasteiger partial charge in [0, 0.05) is 25.2 Å². The Bertz CT molecular complexity index is 655. The molecule has 1 heterocycles. The third-order valence-corrected chi connectivity index (χ3v) is 4.65. The summed E-state index contributed by atoms with van der Waals surface area (Å²) < 4.78 is 42.6. The second-order valence-electron chi connectivity index (χ2n) is 7.36. The van der Waals surface area contributed by atoms with Crippen LogP contribution in [0.25, 0.3) is 0 Å². The Balaban J connectivity index is 0.00000420. The van der Waals surface area contributed by atoms with Crippen LogP contribution < -0.4 is 15.4 Å². The molecule has 1 aromatic rings. The number of likely N-dealkylation sites (tertiary alicyclic amines) is 1. The van der Waals surface area contributed by atoms with Crippen LogP contribution in [0.15, 0.2) is 23.2 Å². The van der Waals surface area contributed by atoms with Gasteiger partial charge in [-0.15, -0.1) is 24.0 Å². The molecule has 166 valence electrons. The molecule has 29 heavy (non-hydrogen) atoms. The fourth-order valence-corrected chi connectivity index (χ4v) is 3.27. The number of benzene rings is 1. The molecule has 1 fully saturated rings. The molecule has 2 N–H and O–H groups in total. The van der Waals surface area contributed by atoms with Crippen LogP contribution >= 0.6 is 24.0 Å². The Morgan fingerprint density at radius 2 is 2.07 bits per heavy atom. The number of guanidine groups is 1. The van der Waals surface area contributed by atoms with E-state index in [4.69, 9.17) is 4.74 Å². The number of aliphatic imine (C=N–C) groups is 1. The number of hydrogen-bond acceptors (Lipinski definition) is 3. The molecular formula is C20H32F3IN4O. The van der Waals surface area contributed by atoms with Crippen LogP contribution in [0.2, 0.25) is 0 Å². The smallest absolute Gasteiger partial charge is 0.422 e. The highest BCUT2D eigenvalue weighted by Crippen LogP contribution is 2.24. The van der Waals surface area contributed by atoms with Gasteiger partial charge in [0.1, 0.15) is 5.75 Å². The Labute approximate surface area is 188 Å². The highest BCUT2D eigenvalue weighted by Gasteiger charge is 2.28. The van der Waals surface area contributed by atoms with Gasteiger partial charge in [-0.3, -0.25) is 0 Å². The fourth-order valence-electron chi connectivity index (χ4n) is 3.27. The minimum absolute atomic E-state index is 0. The second kappa shape index (κ2) is 12.5. The van der Waals surface area contributed by atoms with E-state index >= 15 is 0 Å². The molecule has 0 aliphatic carbocycles. The summed E-state index contributed by atoms with van der Waals surface area (Å²) in [5.41, 5.74) is 1.47. The van der Waals surface area contributed by atoms with Crippen molar-refractivity contribution in [2.24, 2.45) is 10.9 Å². The van der Waals surface area contributed by atoms with Gasteiger partial charge in [-0.25, -0.2) is 4.99 Å². The van der Waals surface area contributed by atoms with Crippen LogP contribution in [-0.2, 0) is 6.54 Å². The number of aryl methyl sites for hydroxylation is 1. The van der Waals surface area contributed by atoms with E-state index in [1.807, 2.05) is 19.9 Å². The standard InChI is InChI=1S/C20H31F3N4O.HI/c1-4-24-19(25-11-16-6-5-9-27(3)13-16)26-12-17-8-7-15(2)10-18(17)28-14-20(21,22)23;/h7-8,10,16H,4-6,9,11-14H2,1-3H3,(H2,24,25,26);1H. The fraction of sp³-hybridized carbons (Fsp3) is 0.650. The maximum atomic E-state index is 12.5.